The van der Waals surface area contributed by atoms with E-state index in [1.807, 2.05) is 18.4 Å². The number of nitrogens with zero attached hydrogens (tertiary/aromatic N) is 2. The summed E-state index contributed by atoms with van der Waals surface area (Å²) >= 11 is 1.52. The van der Waals surface area contributed by atoms with E-state index in [2.05, 4.69) is 10.3 Å². The van der Waals surface area contributed by atoms with E-state index in [-0.39, 0.29) is 24.2 Å². The molecule has 0 bridgehead atoms. The fourth-order valence-corrected chi connectivity index (χ4v) is 3.19. The topological polar surface area (TPSA) is 75.4 Å². The Hall–Kier alpha value is -2.15. The summed E-state index contributed by atoms with van der Waals surface area (Å²) in [5.74, 6) is 0.320. The van der Waals surface area contributed by atoms with Gasteiger partial charge in [-0.2, -0.15) is 0 Å². The lowest BCUT2D eigenvalue weighted by molar-refractivity contribution is -0.129. The molecule has 1 fully saturated rings. The fourth-order valence-electron chi connectivity index (χ4n) is 2.48. The van der Waals surface area contributed by atoms with E-state index in [0.717, 1.165) is 16.5 Å². The normalized spacial score (nSPS) is 18.0. The van der Waals surface area contributed by atoms with E-state index in [1.54, 1.807) is 17.2 Å². The van der Waals surface area contributed by atoms with Crippen molar-refractivity contribution in [2.24, 2.45) is 5.92 Å². The van der Waals surface area contributed by atoms with Gasteiger partial charge in [0.15, 0.2) is 0 Å². The summed E-state index contributed by atoms with van der Waals surface area (Å²) in [6.45, 7) is 3.19. The highest BCUT2D eigenvalue weighted by molar-refractivity contribution is 7.09. The molecule has 1 N–H and O–H groups in total. The van der Waals surface area contributed by atoms with Gasteiger partial charge in [0, 0.05) is 24.0 Å². The molecule has 1 saturated heterocycles. The third kappa shape index (κ3) is 3.36. The number of nitrogens with one attached hydrogen (secondary N) is 1. The minimum atomic E-state index is -0.302. The first-order valence-electron chi connectivity index (χ1n) is 7.10. The van der Waals surface area contributed by atoms with Gasteiger partial charge in [0.25, 0.3) is 0 Å². The average molecular weight is 319 g/mol. The highest BCUT2D eigenvalue weighted by Gasteiger charge is 2.34. The van der Waals surface area contributed by atoms with Gasteiger partial charge in [-0.3, -0.25) is 9.59 Å². The summed E-state index contributed by atoms with van der Waals surface area (Å²) < 4.78 is 5.25. The second kappa shape index (κ2) is 6.31. The number of rotatable bonds is 5. The van der Waals surface area contributed by atoms with E-state index >= 15 is 0 Å². The SMILES string of the molecule is Cc1csc(CNC(=O)[C@H]2CC(=O)N(Cc3ccco3)C2)n1. The molecule has 22 heavy (non-hydrogen) atoms. The summed E-state index contributed by atoms with van der Waals surface area (Å²) in [5.41, 5.74) is 0.954. The molecule has 0 radical (unpaired) electrons. The zero-order chi connectivity index (χ0) is 15.5. The standard InChI is InChI=1S/C15H17N3O3S/c1-10-9-22-13(17-10)6-16-15(20)11-5-14(19)18(7-11)8-12-3-2-4-21-12/h2-4,9,11H,5-8H2,1H3,(H,16,20)/t11-/m0/s1. The molecule has 2 amide bonds. The van der Waals surface area contributed by atoms with Gasteiger partial charge >= 0.3 is 0 Å². The molecule has 0 saturated carbocycles. The number of hydrogen-bond donors (Lipinski definition) is 1. The molecule has 1 atom stereocenters. The van der Waals surface area contributed by atoms with Crippen molar-refractivity contribution in [3.05, 3.63) is 40.2 Å². The molecule has 6 nitrogen and oxygen atoms in total. The Kier molecular flexibility index (Phi) is 4.24. The molecule has 2 aromatic heterocycles. The van der Waals surface area contributed by atoms with Gasteiger partial charge in [0.2, 0.25) is 11.8 Å². The van der Waals surface area contributed by atoms with E-state index in [9.17, 15) is 9.59 Å². The number of furan rings is 1. The zero-order valence-electron chi connectivity index (χ0n) is 12.2. The molecular weight excluding hydrogens is 302 g/mol. The van der Waals surface area contributed by atoms with Crippen molar-refractivity contribution >= 4 is 23.2 Å². The van der Waals surface area contributed by atoms with Crippen LogP contribution < -0.4 is 5.32 Å². The Balaban J connectivity index is 1.52. The molecule has 0 spiro atoms. The van der Waals surface area contributed by atoms with Crippen LogP contribution in [-0.2, 0) is 22.7 Å². The van der Waals surface area contributed by atoms with Gasteiger partial charge < -0.3 is 14.6 Å². The third-order valence-electron chi connectivity index (χ3n) is 3.59. The van der Waals surface area contributed by atoms with Crippen LogP contribution in [0.3, 0.4) is 0 Å². The van der Waals surface area contributed by atoms with Crippen LogP contribution in [0.1, 0.15) is 22.9 Å². The average Bonchev–Trinajstić information content (AvgIpc) is 3.20. The van der Waals surface area contributed by atoms with Crippen molar-refractivity contribution in [2.75, 3.05) is 6.54 Å². The summed E-state index contributed by atoms with van der Waals surface area (Å²) in [5, 5.41) is 5.69. The van der Waals surface area contributed by atoms with Crippen LogP contribution >= 0.6 is 11.3 Å². The predicted molar refractivity (Wildman–Crippen MR) is 80.9 cm³/mol. The van der Waals surface area contributed by atoms with Gasteiger partial charge in [-0.25, -0.2) is 4.98 Å². The first-order valence-corrected chi connectivity index (χ1v) is 7.98. The number of aryl methyl sites for hydroxylation is 1. The highest BCUT2D eigenvalue weighted by Crippen LogP contribution is 2.20. The van der Waals surface area contributed by atoms with Gasteiger partial charge in [-0.15, -0.1) is 11.3 Å². The van der Waals surface area contributed by atoms with Crippen molar-refractivity contribution in [3.63, 3.8) is 0 Å². The minimum Gasteiger partial charge on any atom is -0.467 e. The first kappa shape index (κ1) is 14.8. The third-order valence-corrected chi connectivity index (χ3v) is 4.56. The lowest BCUT2D eigenvalue weighted by Crippen LogP contribution is -2.32. The Bertz CT molecular complexity index is 665. The maximum atomic E-state index is 12.2. The molecular formula is C15H17N3O3S. The number of likely N-dealkylation sites (tertiary alicyclic amines) is 1. The van der Waals surface area contributed by atoms with Crippen LogP contribution in [0.25, 0.3) is 0 Å². The molecule has 2 aromatic rings. The van der Waals surface area contributed by atoms with E-state index in [0.29, 0.717) is 19.6 Å². The molecule has 3 rings (SSSR count). The number of hydrogen-bond acceptors (Lipinski definition) is 5. The molecule has 116 valence electrons. The Morgan fingerprint density at radius 2 is 2.45 bits per heavy atom. The lowest BCUT2D eigenvalue weighted by Gasteiger charge is -2.14. The van der Waals surface area contributed by atoms with Gasteiger partial charge in [-0.1, -0.05) is 0 Å². The minimum absolute atomic E-state index is 0.0124. The van der Waals surface area contributed by atoms with Crippen LogP contribution in [-0.4, -0.2) is 28.2 Å². The second-order valence-electron chi connectivity index (χ2n) is 5.36. The van der Waals surface area contributed by atoms with E-state index in [4.69, 9.17) is 4.42 Å². The molecule has 0 aliphatic carbocycles. The van der Waals surface area contributed by atoms with Gasteiger partial charge in [-0.05, 0) is 19.1 Å². The maximum absolute atomic E-state index is 12.2. The summed E-state index contributed by atoms with van der Waals surface area (Å²) in [6, 6.07) is 3.61. The smallest absolute Gasteiger partial charge is 0.225 e. The molecule has 1 aliphatic heterocycles. The van der Waals surface area contributed by atoms with Crippen molar-refractivity contribution in [2.45, 2.75) is 26.4 Å². The van der Waals surface area contributed by atoms with Gasteiger partial charge in [0.05, 0.1) is 25.3 Å². The molecule has 7 heteroatoms. The van der Waals surface area contributed by atoms with Crippen molar-refractivity contribution in [1.29, 1.82) is 0 Å². The highest BCUT2D eigenvalue weighted by atomic mass is 32.1. The number of aromatic nitrogens is 1. The van der Waals surface area contributed by atoms with Crippen molar-refractivity contribution < 1.29 is 14.0 Å². The summed E-state index contributed by atoms with van der Waals surface area (Å²) in [4.78, 5) is 30.1. The quantitative estimate of drug-likeness (QED) is 0.910. The summed E-state index contributed by atoms with van der Waals surface area (Å²) in [6.07, 6.45) is 1.83. The fraction of sp³-hybridized carbons (Fsp3) is 0.400. The first-order chi connectivity index (χ1) is 10.6. The second-order valence-corrected chi connectivity index (χ2v) is 6.30. The van der Waals surface area contributed by atoms with Gasteiger partial charge in [0.1, 0.15) is 10.8 Å². The molecule has 1 aliphatic rings. The molecule has 0 aromatic carbocycles. The Labute approximate surface area is 132 Å². The van der Waals surface area contributed by atoms with Crippen molar-refractivity contribution in [3.8, 4) is 0 Å². The number of thiazole rings is 1. The predicted octanol–water partition coefficient (Wildman–Crippen LogP) is 1.71. The summed E-state index contributed by atoms with van der Waals surface area (Å²) in [7, 11) is 0. The lowest BCUT2D eigenvalue weighted by atomic mass is 10.1. The molecule has 3 heterocycles. The van der Waals surface area contributed by atoms with Crippen molar-refractivity contribution in [1.82, 2.24) is 15.2 Å². The number of carbonyl (C=O) groups excluding carboxylic acids is 2. The Morgan fingerprint density at radius 1 is 1.59 bits per heavy atom. The van der Waals surface area contributed by atoms with Crippen LogP contribution in [0.4, 0.5) is 0 Å². The van der Waals surface area contributed by atoms with Crippen LogP contribution in [0.5, 0.6) is 0 Å². The van der Waals surface area contributed by atoms with E-state index < -0.39 is 0 Å². The van der Waals surface area contributed by atoms with Crippen LogP contribution in [0.2, 0.25) is 0 Å². The van der Waals surface area contributed by atoms with Crippen LogP contribution in [0, 0.1) is 12.8 Å². The maximum Gasteiger partial charge on any atom is 0.225 e. The number of carbonyl (C=O) groups is 2. The largest absolute Gasteiger partial charge is 0.467 e. The Morgan fingerprint density at radius 3 is 3.14 bits per heavy atom. The van der Waals surface area contributed by atoms with Crippen LogP contribution in [0.15, 0.2) is 28.2 Å². The number of amides is 2. The monoisotopic (exact) mass is 319 g/mol. The molecule has 0 unspecified atom stereocenters. The van der Waals surface area contributed by atoms with E-state index in [1.165, 1.54) is 11.3 Å². The zero-order valence-corrected chi connectivity index (χ0v) is 13.1.